The Morgan fingerprint density at radius 3 is 3.12 bits per heavy atom. The van der Waals surface area contributed by atoms with E-state index in [2.05, 4.69) is 12.2 Å². The molecule has 96 valence electrons. The number of nitrogens with zero attached hydrogens (tertiary/aromatic N) is 1. The summed E-state index contributed by atoms with van der Waals surface area (Å²) in [6.45, 7) is 4.90. The zero-order chi connectivity index (χ0) is 12.3. The van der Waals surface area contributed by atoms with Gasteiger partial charge in [0, 0.05) is 10.9 Å². The minimum absolute atomic E-state index is 0.210. The number of aromatic nitrogens is 1. The number of rotatable bonds is 5. The van der Waals surface area contributed by atoms with Crippen molar-refractivity contribution in [3.63, 3.8) is 0 Å². The fraction of sp³-hybridized carbons (Fsp3) is 0.769. The van der Waals surface area contributed by atoms with Crippen molar-refractivity contribution in [2.45, 2.75) is 58.1 Å². The first-order valence-corrected chi connectivity index (χ1v) is 7.42. The zero-order valence-corrected chi connectivity index (χ0v) is 11.5. The molecule has 0 amide bonds. The van der Waals surface area contributed by atoms with E-state index in [0.717, 1.165) is 25.8 Å². The van der Waals surface area contributed by atoms with Crippen molar-refractivity contribution in [2.24, 2.45) is 0 Å². The van der Waals surface area contributed by atoms with Gasteiger partial charge in [-0.2, -0.15) is 0 Å². The molecule has 1 aromatic heterocycles. The normalized spacial score (nSPS) is 21.2. The molecule has 0 aromatic carbocycles. The lowest BCUT2D eigenvalue weighted by atomic mass is 9.98. The van der Waals surface area contributed by atoms with Crippen LogP contribution in [-0.4, -0.2) is 22.7 Å². The van der Waals surface area contributed by atoms with Crippen LogP contribution in [0.15, 0.2) is 0 Å². The molecule has 0 aliphatic heterocycles. The van der Waals surface area contributed by atoms with Crippen LogP contribution in [0.3, 0.4) is 0 Å². The second-order valence-electron chi connectivity index (χ2n) is 4.81. The van der Waals surface area contributed by atoms with Crippen molar-refractivity contribution in [3.05, 3.63) is 15.6 Å². The van der Waals surface area contributed by atoms with E-state index in [-0.39, 0.29) is 6.10 Å². The van der Waals surface area contributed by atoms with Crippen LogP contribution in [0.4, 0.5) is 0 Å². The highest BCUT2D eigenvalue weighted by Gasteiger charge is 2.23. The van der Waals surface area contributed by atoms with E-state index >= 15 is 0 Å². The second-order valence-corrected chi connectivity index (χ2v) is 5.92. The largest absolute Gasteiger partial charge is 0.393 e. The number of aliphatic hydroxyl groups is 1. The second kappa shape index (κ2) is 5.94. The van der Waals surface area contributed by atoms with E-state index in [1.807, 2.05) is 18.3 Å². The third-order valence-electron chi connectivity index (χ3n) is 3.25. The van der Waals surface area contributed by atoms with Crippen LogP contribution in [0, 0.1) is 0 Å². The summed E-state index contributed by atoms with van der Waals surface area (Å²) < 4.78 is 0. The van der Waals surface area contributed by atoms with E-state index in [1.54, 1.807) is 0 Å². The van der Waals surface area contributed by atoms with Gasteiger partial charge in [-0.3, -0.25) is 0 Å². The standard InChI is InChI=1S/C13H22N2OS/c1-3-12-15-11-6-4-5-10(13(11)17-12)14-8-7-9(2)16/h9-10,14,16H,3-8H2,1-2H3. The fourth-order valence-electron chi connectivity index (χ4n) is 2.28. The number of aliphatic hydroxyl groups excluding tert-OH is 1. The van der Waals surface area contributed by atoms with Gasteiger partial charge in [0.15, 0.2) is 0 Å². The molecule has 1 aliphatic carbocycles. The van der Waals surface area contributed by atoms with Crippen molar-refractivity contribution >= 4 is 11.3 Å². The average Bonchev–Trinajstić information content (AvgIpc) is 2.72. The van der Waals surface area contributed by atoms with Gasteiger partial charge in [0.2, 0.25) is 0 Å². The Labute approximate surface area is 107 Å². The van der Waals surface area contributed by atoms with Crippen LogP contribution in [0.5, 0.6) is 0 Å². The molecule has 1 aliphatic rings. The molecular weight excluding hydrogens is 232 g/mol. The van der Waals surface area contributed by atoms with E-state index in [0.29, 0.717) is 6.04 Å². The first-order chi connectivity index (χ1) is 8.20. The molecule has 2 atom stereocenters. The van der Waals surface area contributed by atoms with Gasteiger partial charge in [-0.1, -0.05) is 6.92 Å². The Morgan fingerprint density at radius 2 is 2.41 bits per heavy atom. The van der Waals surface area contributed by atoms with Crippen LogP contribution < -0.4 is 5.32 Å². The third-order valence-corrected chi connectivity index (χ3v) is 4.61. The summed E-state index contributed by atoms with van der Waals surface area (Å²) in [6, 6.07) is 0.468. The number of thiazole rings is 1. The van der Waals surface area contributed by atoms with Crippen molar-refractivity contribution < 1.29 is 5.11 Å². The Hall–Kier alpha value is -0.450. The van der Waals surface area contributed by atoms with Crippen molar-refractivity contribution in [1.29, 1.82) is 0 Å². The molecule has 2 unspecified atom stereocenters. The highest BCUT2D eigenvalue weighted by atomic mass is 32.1. The Balaban J connectivity index is 1.98. The first kappa shape index (κ1) is 13.0. The minimum atomic E-state index is -0.210. The minimum Gasteiger partial charge on any atom is -0.393 e. The maximum atomic E-state index is 9.27. The molecule has 1 heterocycles. The van der Waals surface area contributed by atoms with E-state index in [1.165, 1.54) is 28.4 Å². The van der Waals surface area contributed by atoms with Crippen molar-refractivity contribution in [3.8, 4) is 0 Å². The number of hydrogen-bond acceptors (Lipinski definition) is 4. The van der Waals surface area contributed by atoms with Gasteiger partial charge in [-0.25, -0.2) is 4.98 Å². The van der Waals surface area contributed by atoms with Crippen molar-refractivity contribution in [2.75, 3.05) is 6.54 Å². The zero-order valence-electron chi connectivity index (χ0n) is 10.7. The van der Waals surface area contributed by atoms with Gasteiger partial charge >= 0.3 is 0 Å². The molecule has 0 spiro atoms. The molecule has 0 saturated carbocycles. The number of fused-ring (bicyclic) bond motifs is 1. The fourth-order valence-corrected chi connectivity index (χ4v) is 3.45. The van der Waals surface area contributed by atoms with Gasteiger partial charge in [0.1, 0.15) is 0 Å². The molecule has 2 N–H and O–H groups in total. The lowest BCUT2D eigenvalue weighted by Gasteiger charge is -2.22. The van der Waals surface area contributed by atoms with Gasteiger partial charge in [-0.15, -0.1) is 11.3 Å². The highest BCUT2D eigenvalue weighted by Crippen LogP contribution is 2.34. The smallest absolute Gasteiger partial charge is 0.0928 e. The summed E-state index contributed by atoms with van der Waals surface area (Å²) in [5.74, 6) is 0. The van der Waals surface area contributed by atoms with E-state index < -0.39 is 0 Å². The number of nitrogens with one attached hydrogen (secondary N) is 1. The number of hydrogen-bond donors (Lipinski definition) is 2. The lowest BCUT2D eigenvalue weighted by molar-refractivity contribution is 0.182. The van der Waals surface area contributed by atoms with Crippen LogP contribution in [0.25, 0.3) is 0 Å². The summed E-state index contributed by atoms with van der Waals surface area (Å²) in [4.78, 5) is 6.14. The van der Waals surface area contributed by atoms with E-state index in [9.17, 15) is 5.11 Å². The number of aryl methyl sites for hydroxylation is 2. The summed E-state index contributed by atoms with van der Waals surface area (Å²) >= 11 is 1.87. The maximum Gasteiger partial charge on any atom is 0.0928 e. The monoisotopic (exact) mass is 254 g/mol. The average molecular weight is 254 g/mol. The topological polar surface area (TPSA) is 45.2 Å². The maximum absolute atomic E-state index is 9.27. The summed E-state index contributed by atoms with van der Waals surface area (Å²) in [6.07, 6.45) is 5.23. The van der Waals surface area contributed by atoms with Gasteiger partial charge < -0.3 is 10.4 Å². The Kier molecular flexibility index (Phi) is 4.54. The molecule has 4 heteroatoms. The van der Waals surface area contributed by atoms with Crippen LogP contribution in [-0.2, 0) is 12.8 Å². The molecule has 0 saturated heterocycles. The van der Waals surface area contributed by atoms with Gasteiger partial charge in [-0.05, 0) is 45.6 Å². The van der Waals surface area contributed by atoms with Crippen LogP contribution >= 0.6 is 11.3 Å². The first-order valence-electron chi connectivity index (χ1n) is 6.60. The Bertz CT molecular complexity index is 362. The summed E-state index contributed by atoms with van der Waals surface area (Å²) in [5.41, 5.74) is 1.31. The summed E-state index contributed by atoms with van der Waals surface area (Å²) in [5, 5.41) is 14.1. The summed E-state index contributed by atoms with van der Waals surface area (Å²) in [7, 11) is 0. The van der Waals surface area contributed by atoms with E-state index in [4.69, 9.17) is 4.98 Å². The molecular formula is C13H22N2OS. The molecule has 3 nitrogen and oxygen atoms in total. The predicted molar refractivity (Wildman–Crippen MR) is 71.5 cm³/mol. The SMILES string of the molecule is CCc1nc2c(s1)C(NCCC(C)O)CCC2. The van der Waals surface area contributed by atoms with Gasteiger partial charge in [0.25, 0.3) is 0 Å². The van der Waals surface area contributed by atoms with Crippen LogP contribution in [0.2, 0.25) is 0 Å². The predicted octanol–water partition coefficient (Wildman–Crippen LogP) is 2.44. The molecule has 0 bridgehead atoms. The molecule has 17 heavy (non-hydrogen) atoms. The third kappa shape index (κ3) is 3.27. The van der Waals surface area contributed by atoms with Crippen molar-refractivity contribution in [1.82, 2.24) is 10.3 Å². The lowest BCUT2D eigenvalue weighted by Crippen LogP contribution is -2.26. The van der Waals surface area contributed by atoms with Crippen LogP contribution in [0.1, 0.15) is 54.7 Å². The molecule has 1 aromatic rings. The quantitative estimate of drug-likeness (QED) is 0.848. The Morgan fingerprint density at radius 1 is 1.59 bits per heavy atom. The highest BCUT2D eigenvalue weighted by molar-refractivity contribution is 7.11. The molecule has 2 rings (SSSR count). The molecule has 0 fully saturated rings. The van der Waals surface area contributed by atoms with Gasteiger partial charge in [0.05, 0.1) is 16.8 Å². The molecule has 0 radical (unpaired) electrons.